The van der Waals surface area contributed by atoms with E-state index in [1.54, 1.807) is 78.9 Å². The molecule has 5 nitrogen and oxygen atoms in total. The Labute approximate surface area is 175 Å². The van der Waals surface area contributed by atoms with Crippen molar-refractivity contribution in [3.63, 3.8) is 0 Å². The number of hydrogen-bond donors (Lipinski definition) is 2. The lowest BCUT2D eigenvalue weighted by molar-refractivity contribution is -0.111. The zero-order valence-electron chi connectivity index (χ0n) is 15.6. The minimum absolute atomic E-state index is 0.188. The molecule has 0 aliphatic heterocycles. The number of amides is 1. The van der Waals surface area contributed by atoms with Gasteiger partial charge in [-0.05, 0) is 67.1 Å². The van der Waals surface area contributed by atoms with Crippen LogP contribution in [0.15, 0.2) is 83.8 Å². The summed E-state index contributed by atoms with van der Waals surface area (Å²) in [6.45, 7) is 1.89. The van der Waals surface area contributed by atoms with Gasteiger partial charge in [-0.2, -0.15) is 0 Å². The molecule has 0 aliphatic carbocycles. The molecule has 0 saturated heterocycles. The number of aryl methyl sites for hydroxylation is 1. The van der Waals surface area contributed by atoms with E-state index in [1.165, 1.54) is 6.08 Å². The topological polar surface area (TPSA) is 75.3 Å². The number of anilines is 2. The summed E-state index contributed by atoms with van der Waals surface area (Å²) in [6.07, 6.45) is 3.09. The lowest BCUT2D eigenvalue weighted by atomic mass is 10.2. The molecule has 0 radical (unpaired) electrons. The molecule has 0 atom stereocenters. The van der Waals surface area contributed by atoms with Crippen LogP contribution in [0.1, 0.15) is 11.1 Å². The number of sulfonamides is 1. The second-order valence-electron chi connectivity index (χ2n) is 6.37. The van der Waals surface area contributed by atoms with E-state index in [-0.39, 0.29) is 10.8 Å². The van der Waals surface area contributed by atoms with Crippen LogP contribution in [0.3, 0.4) is 0 Å². The number of carbonyl (C=O) groups excluding carboxylic acids is 1. The standard InChI is InChI=1S/C22H19ClN2O3S/c1-16-2-13-21(14-3-16)29(27,28)25-20-11-9-19(10-12-20)24-22(26)15-6-17-4-7-18(23)8-5-17/h2-15,25H,1H3,(H,24,26)/b15-6+. The third-order valence-corrected chi connectivity index (χ3v) is 5.68. The fourth-order valence-electron chi connectivity index (χ4n) is 2.48. The van der Waals surface area contributed by atoms with Crippen LogP contribution in [-0.2, 0) is 14.8 Å². The molecule has 2 N–H and O–H groups in total. The van der Waals surface area contributed by atoms with Crippen molar-refractivity contribution in [3.05, 3.63) is 95.0 Å². The van der Waals surface area contributed by atoms with Crippen LogP contribution in [0.5, 0.6) is 0 Å². The van der Waals surface area contributed by atoms with Gasteiger partial charge >= 0.3 is 0 Å². The number of halogens is 1. The minimum atomic E-state index is -3.67. The summed E-state index contributed by atoms with van der Waals surface area (Å²) >= 11 is 5.83. The van der Waals surface area contributed by atoms with Crippen molar-refractivity contribution >= 4 is 45.0 Å². The molecule has 7 heteroatoms. The smallest absolute Gasteiger partial charge is 0.261 e. The molecule has 148 valence electrons. The third kappa shape index (κ3) is 5.94. The molecule has 0 bridgehead atoms. The summed E-state index contributed by atoms with van der Waals surface area (Å²) in [5.41, 5.74) is 2.79. The molecule has 29 heavy (non-hydrogen) atoms. The van der Waals surface area contributed by atoms with Crippen molar-refractivity contribution in [1.82, 2.24) is 0 Å². The van der Waals surface area contributed by atoms with Crippen molar-refractivity contribution in [2.75, 3.05) is 10.0 Å². The maximum atomic E-state index is 12.4. The summed E-state index contributed by atoms with van der Waals surface area (Å²) in [5, 5.41) is 3.35. The lowest BCUT2D eigenvalue weighted by Gasteiger charge is -2.09. The van der Waals surface area contributed by atoms with E-state index in [0.29, 0.717) is 16.4 Å². The van der Waals surface area contributed by atoms with Gasteiger partial charge in [-0.1, -0.05) is 41.4 Å². The second kappa shape index (κ2) is 8.94. The summed E-state index contributed by atoms with van der Waals surface area (Å²) in [7, 11) is -3.67. The molecule has 0 heterocycles. The quantitative estimate of drug-likeness (QED) is 0.538. The molecule has 0 unspecified atom stereocenters. The fraction of sp³-hybridized carbons (Fsp3) is 0.0455. The van der Waals surface area contributed by atoms with Gasteiger partial charge in [0.05, 0.1) is 4.90 Å². The number of benzene rings is 3. The van der Waals surface area contributed by atoms with E-state index in [9.17, 15) is 13.2 Å². The number of carbonyl (C=O) groups is 1. The van der Waals surface area contributed by atoms with Gasteiger partial charge in [-0.15, -0.1) is 0 Å². The highest BCUT2D eigenvalue weighted by Gasteiger charge is 2.13. The average Bonchev–Trinajstić information content (AvgIpc) is 2.69. The summed E-state index contributed by atoms with van der Waals surface area (Å²) in [4.78, 5) is 12.2. The van der Waals surface area contributed by atoms with Crippen molar-refractivity contribution in [2.45, 2.75) is 11.8 Å². The molecule has 0 saturated carbocycles. The molecule has 1 amide bonds. The molecular formula is C22H19ClN2O3S. The summed E-state index contributed by atoms with van der Waals surface area (Å²) < 4.78 is 27.4. The molecule has 0 aromatic heterocycles. The Balaban J connectivity index is 1.61. The van der Waals surface area contributed by atoms with Crippen LogP contribution in [0, 0.1) is 6.92 Å². The highest BCUT2D eigenvalue weighted by molar-refractivity contribution is 7.92. The Morgan fingerprint density at radius 1 is 0.862 bits per heavy atom. The molecule has 0 aliphatic rings. The van der Waals surface area contributed by atoms with Gasteiger partial charge in [-0.25, -0.2) is 8.42 Å². The van der Waals surface area contributed by atoms with Gasteiger partial charge in [0, 0.05) is 22.5 Å². The van der Waals surface area contributed by atoms with E-state index < -0.39 is 10.0 Å². The van der Waals surface area contributed by atoms with Gasteiger partial charge in [0.2, 0.25) is 5.91 Å². The number of rotatable bonds is 6. The monoisotopic (exact) mass is 426 g/mol. The molecule has 3 aromatic carbocycles. The van der Waals surface area contributed by atoms with Crippen molar-refractivity contribution in [3.8, 4) is 0 Å². The van der Waals surface area contributed by atoms with Crippen LogP contribution in [-0.4, -0.2) is 14.3 Å². The van der Waals surface area contributed by atoms with Crippen molar-refractivity contribution in [1.29, 1.82) is 0 Å². The van der Waals surface area contributed by atoms with Crippen LogP contribution in [0.2, 0.25) is 5.02 Å². The Kier molecular flexibility index (Phi) is 6.36. The summed E-state index contributed by atoms with van der Waals surface area (Å²) in [6, 6.07) is 20.1. The Morgan fingerprint density at radius 3 is 2.07 bits per heavy atom. The van der Waals surface area contributed by atoms with Gasteiger partial charge in [0.25, 0.3) is 10.0 Å². The molecule has 0 fully saturated rings. The van der Waals surface area contributed by atoms with Crippen LogP contribution in [0.4, 0.5) is 11.4 Å². The van der Waals surface area contributed by atoms with E-state index >= 15 is 0 Å². The average molecular weight is 427 g/mol. The Hall–Kier alpha value is -3.09. The molecule has 3 rings (SSSR count). The van der Waals surface area contributed by atoms with E-state index in [2.05, 4.69) is 10.0 Å². The first-order valence-electron chi connectivity index (χ1n) is 8.76. The van der Waals surface area contributed by atoms with Crippen LogP contribution < -0.4 is 10.0 Å². The second-order valence-corrected chi connectivity index (χ2v) is 8.49. The first kappa shape index (κ1) is 20.6. The maximum absolute atomic E-state index is 12.4. The lowest BCUT2D eigenvalue weighted by Crippen LogP contribution is -2.13. The molecular weight excluding hydrogens is 408 g/mol. The van der Waals surface area contributed by atoms with Gasteiger partial charge in [0.15, 0.2) is 0 Å². The van der Waals surface area contributed by atoms with Gasteiger partial charge < -0.3 is 5.32 Å². The third-order valence-electron chi connectivity index (χ3n) is 4.03. The van der Waals surface area contributed by atoms with Gasteiger partial charge in [-0.3, -0.25) is 9.52 Å². The van der Waals surface area contributed by atoms with Crippen LogP contribution >= 0.6 is 11.6 Å². The van der Waals surface area contributed by atoms with E-state index in [0.717, 1.165) is 11.1 Å². The minimum Gasteiger partial charge on any atom is -0.323 e. The first-order chi connectivity index (χ1) is 13.8. The highest BCUT2D eigenvalue weighted by atomic mass is 35.5. The van der Waals surface area contributed by atoms with Gasteiger partial charge in [0.1, 0.15) is 0 Å². The summed E-state index contributed by atoms with van der Waals surface area (Å²) in [5.74, 6) is -0.298. The predicted molar refractivity (Wildman–Crippen MR) is 118 cm³/mol. The number of hydrogen-bond acceptors (Lipinski definition) is 3. The normalized spacial score (nSPS) is 11.4. The first-order valence-corrected chi connectivity index (χ1v) is 10.6. The highest BCUT2D eigenvalue weighted by Crippen LogP contribution is 2.19. The Morgan fingerprint density at radius 2 is 1.45 bits per heavy atom. The molecule has 0 spiro atoms. The largest absolute Gasteiger partial charge is 0.323 e. The van der Waals surface area contributed by atoms with Crippen molar-refractivity contribution in [2.24, 2.45) is 0 Å². The predicted octanol–water partition coefficient (Wildman–Crippen LogP) is 5.10. The zero-order valence-corrected chi connectivity index (χ0v) is 17.2. The SMILES string of the molecule is Cc1ccc(S(=O)(=O)Nc2ccc(NC(=O)/C=C/c3ccc(Cl)cc3)cc2)cc1. The number of nitrogens with one attached hydrogen (secondary N) is 2. The van der Waals surface area contributed by atoms with Crippen LogP contribution in [0.25, 0.3) is 6.08 Å². The zero-order chi connectivity index (χ0) is 20.9. The van der Waals surface area contributed by atoms with E-state index in [1.807, 2.05) is 6.92 Å². The van der Waals surface area contributed by atoms with E-state index in [4.69, 9.17) is 11.6 Å². The fourth-order valence-corrected chi connectivity index (χ4v) is 3.67. The van der Waals surface area contributed by atoms with Crippen molar-refractivity contribution < 1.29 is 13.2 Å². The Bertz CT molecular complexity index is 1120. The maximum Gasteiger partial charge on any atom is 0.261 e. The molecule has 3 aromatic rings.